The fourth-order valence-corrected chi connectivity index (χ4v) is 1.67. The molecule has 0 aromatic heterocycles. The van der Waals surface area contributed by atoms with Crippen LogP contribution in [0.2, 0.25) is 0 Å². The number of ether oxygens (including phenoxy) is 4. The summed E-state index contributed by atoms with van der Waals surface area (Å²) in [6, 6.07) is 0. The highest BCUT2D eigenvalue weighted by atomic mass is 16.6. The van der Waals surface area contributed by atoms with Crippen molar-refractivity contribution in [1.29, 1.82) is 0 Å². The smallest absolute Gasteiger partial charge is 0.317 e. The van der Waals surface area contributed by atoms with Gasteiger partial charge in [-0.1, -0.05) is 0 Å². The zero-order chi connectivity index (χ0) is 16.5. The molecular formula is C14H20O8. The van der Waals surface area contributed by atoms with Gasteiger partial charge in [0.25, 0.3) is 0 Å². The second kappa shape index (κ2) is 9.01. The molecule has 8 heteroatoms. The molecule has 0 amide bonds. The average Bonchev–Trinajstić information content (AvgIpc) is 2.36. The maximum atomic E-state index is 11.5. The number of hydrogen-bond donors (Lipinski definition) is 0. The minimum atomic E-state index is -0.700. The Bertz CT molecular complexity index is 391. The van der Waals surface area contributed by atoms with Crippen molar-refractivity contribution in [3.05, 3.63) is 0 Å². The molecule has 1 heterocycles. The van der Waals surface area contributed by atoms with Crippen LogP contribution >= 0.6 is 0 Å². The standard InChI is InChI=1S/C14H20O8/c1-9-3-5-19-12(16)8-14(18)22-10(2)4-6-20-11(15)7-13(17)21-9/h9-10H,3-8H2,1-2H3. The number of carbonyl (C=O) groups excluding carboxylic acids is 4. The highest BCUT2D eigenvalue weighted by Crippen LogP contribution is 2.06. The van der Waals surface area contributed by atoms with Gasteiger partial charge in [0.05, 0.1) is 13.2 Å². The normalized spacial score (nSPS) is 26.5. The zero-order valence-electron chi connectivity index (χ0n) is 12.7. The third-order valence-electron chi connectivity index (χ3n) is 2.82. The van der Waals surface area contributed by atoms with E-state index in [0.29, 0.717) is 0 Å². The molecule has 2 unspecified atom stereocenters. The topological polar surface area (TPSA) is 105 Å². The van der Waals surface area contributed by atoms with E-state index in [1.165, 1.54) is 0 Å². The van der Waals surface area contributed by atoms with E-state index < -0.39 is 48.9 Å². The van der Waals surface area contributed by atoms with Gasteiger partial charge in [-0.25, -0.2) is 0 Å². The molecule has 0 radical (unpaired) electrons. The van der Waals surface area contributed by atoms with Crippen LogP contribution in [0.5, 0.6) is 0 Å². The maximum absolute atomic E-state index is 11.5. The molecule has 0 aliphatic carbocycles. The van der Waals surface area contributed by atoms with Gasteiger partial charge in [0.15, 0.2) is 0 Å². The Morgan fingerprint density at radius 3 is 1.41 bits per heavy atom. The molecule has 8 nitrogen and oxygen atoms in total. The summed E-state index contributed by atoms with van der Waals surface area (Å²) < 4.78 is 19.7. The predicted molar refractivity (Wildman–Crippen MR) is 71.5 cm³/mol. The van der Waals surface area contributed by atoms with Crippen LogP contribution < -0.4 is 0 Å². The van der Waals surface area contributed by atoms with Crippen LogP contribution in [0.3, 0.4) is 0 Å². The lowest BCUT2D eigenvalue weighted by atomic mass is 10.3. The van der Waals surface area contributed by atoms with Crippen LogP contribution in [0.25, 0.3) is 0 Å². The molecule has 0 aromatic carbocycles. The van der Waals surface area contributed by atoms with Crippen molar-refractivity contribution in [3.8, 4) is 0 Å². The van der Waals surface area contributed by atoms with Crippen molar-refractivity contribution in [3.63, 3.8) is 0 Å². The largest absolute Gasteiger partial charge is 0.465 e. The Hall–Kier alpha value is -2.12. The highest BCUT2D eigenvalue weighted by Gasteiger charge is 2.19. The zero-order valence-corrected chi connectivity index (χ0v) is 12.7. The number of esters is 4. The molecule has 1 saturated heterocycles. The molecule has 1 fully saturated rings. The van der Waals surface area contributed by atoms with E-state index in [1.54, 1.807) is 13.8 Å². The molecular weight excluding hydrogens is 296 g/mol. The highest BCUT2D eigenvalue weighted by molar-refractivity contribution is 5.91. The summed E-state index contributed by atoms with van der Waals surface area (Å²) >= 11 is 0. The first-order chi connectivity index (χ1) is 10.4. The summed E-state index contributed by atoms with van der Waals surface area (Å²) in [5, 5.41) is 0. The summed E-state index contributed by atoms with van der Waals surface area (Å²) in [7, 11) is 0. The monoisotopic (exact) mass is 316 g/mol. The van der Waals surface area contributed by atoms with Crippen molar-refractivity contribution >= 4 is 23.9 Å². The molecule has 1 aliphatic heterocycles. The number of carbonyl (C=O) groups is 4. The second-order valence-corrected chi connectivity index (χ2v) is 4.97. The Morgan fingerprint density at radius 2 is 1.05 bits per heavy atom. The first-order valence-corrected chi connectivity index (χ1v) is 7.07. The first-order valence-electron chi connectivity index (χ1n) is 7.07. The van der Waals surface area contributed by atoms with E-state index in [9.17, 15) is 19.2 Å². The van der Waals surface area contributed by atoms with E-state index in [1.807, 2.05) is 0 Å². The van der Waals surface area contributed by atoms with Gasteiger partial charge in [-0.2, -0.15) is 0 Å². The van der Waals surface area contributed by atoms with Gasteiger partial charge < -0.3 is 18.9 Å². The number of hydrogen-bond acceptors (Lipinski definition) is 8. The summed E-state index contributed by atoms with van der Waals surface area (Å²) in [5.74, 6) is -2.80. The molecule has 0 spiro atoms. The van der Waals surface area contributed by atoms with Crippen LogP contribution in [-0.4, -0.2) is 49.3 Å². The maximum Gasteiger partial charge on any atom is 0.317 e. The lowest BCUT2D eigenvalue weighted by molar-refractivity contribution is -0.160. The minimum absolute atomic E-state index is 0.000556. The second-order valence-electron chi connectivity index (χ2n) is 4.97. The molecule has 1 aliphatic rings. The van der Waals surface area contributed by atoms with Crippen molar-refractivity contribution in [2.45, 2.75) is 51.7 Å². The fraction of sp³-hybridized carbons (Fsp3) is 0.714. The molecule has 0 bridgehead atoms. The van der Waals surface area contributed by atoms with Crippen LogP contribution in [0.15, 0.2) is 0 Å². The van der Waals surface area contributed by atoms with E-state index in [-0.39, 0.29) is 26.1 Å². The Balaban J connectivity index is 2.58. The van der Waals surface area contributed by atoms with E-state index >= 15 is 0 Å². The predicted octanol–water partition coefficient (Wildman–Crippen LogP) is 0.510. The summed E-state index contributed by atoms with van der Waals surface area (Å²) in [6.07, 6.45) is -1.49. The molecule has 22 heavy (non-hydrogen) atoms. The SMILES string of the molecule is CC1CCOC(=O)CC(=O)OC(C)CCOC(=O)CC(=O)O1. The molecule has 2 atom stereocenters. The van der Waals surface area contributed by atoms with Gasteiger partial charge >= 0.3 is 23.9 Å². The van der Waals surface area contributed by atoms with Crippen LogP contribution in [-0.2, 0) is 38.1 Å². The molecule has 124 valence electrons. The van der Waals surface area contributed by atoms with E-state index in [4.69, 9.17) is 18.9 Å². The molecule has 0 aromatic rings. The summed E-state index contributed by atoms with van der Waals surface area (Å²) in [4.78, 5) is 45.7. The Kier molecular flexibility index (Phi) is 7.34. The van der Waals surface area contributed by atoms with Crippen LogP contribution in [0, 0.1) is 0 Å². The van der Waals surface area contributed by atoms with Gasteiger partial charge in [0.2, 0.25) is 0 Å². The number of cyclic esters (lactones) is 4. The van der Waals surface area contributed by atoms with Gasteiger partial charge in [-0.15, -0.1) is 0 Å². The third kappa shape index (κ3) is 7.61. The Labute approximate surface area is 128 Å². The van der Waals surface area contributed by atoms with Gasteiger partial charge in [-0.3, -0.25) is 19.2 Å². The summed E-state index contributed by atoms with van der Waals surface area (Å²) in [5.41, 5.74) is 0. The van der Waals surface area contributed by atoms with Crippen molar-refractivity contribution in [1.82, 2.24) is 0 Å². The molecule has 0 N–H and O–H groups in total. The molecule has 0 saturated carbocycles. The van der Waals surface area contributed by atoms with Crippen LogP contribution in [0.4, 0.5) is 0 Å². The number of rotatable bonds is 0. The lowest BCUT2D eigenvalue weighted by Crippen LogP contribution is -2.24. The molecule has 1 rings (SSSR count). The van der Waals surface area contributed by atoms with Crippen LogP contribution in [0.1, 0.15) is 39.5 Å². The quantitative estimate of drug-likeness (QED) is 0.361. The van der Waals surface area contributed by atoms with E-state index in [0.717, 1.165) is 0 Å². The van der Waals surface area contributed by atoms with Gasteiger partial charge in [-0.05, 0) is 13.8 Å². The Morgan fingerprint density at radius 1 is 0.682 bits per heavy atom. The average molecular weight is 316 g/mol. The lowest BCUT2D eigenvalue weighted by Gasteiger charge is -2.15. The van der Waals surface area contributed by atoms with Crippen molar-refractivity contribution in [2.24, 2.45) is 0 Å². The van der Waals surface area contributed by atoms with E-state index in [2.05, 4.69) is 0 Å². The third-order valence-corrected chi connectivity index (χ3v) is 2.82. The first kappa shape index (κ1) is 17.9. The van der Waals surface area contributed by atoms with Crippen molar-refractivity contribution in [2.75, 3.05) is 13.2 Å². The van der Waals surface area contributed by atoms with Gasteiger partial charge in [0.1, 0.15) is 25.0 Å². The fourth-order valence-electron chi connectivity index (χ4n) is 1.67. The van der Waals surface area contributed by atoms with Gasteiger partial charge in [0, 0.05) is 12.8 Å². The minimum Gasteiger partial charge on any atom is -0.465 e. The summed E-state index contributed by atoms with van der Waals surface area (Å²) in [6.45, 7) is 3.22. The van der Waals surface area contributed by atoms with Crippen molar-refractivity contribution < 1.29 is 38.1 Å².